The van der Waals surface area contributed by atoms with Crippen LogP contribution in [0.5, 0.6) is 0 Å². The van der Waals surface area contributed by atoms with Crippen LogP contribution >= 0.6 is 11.3 Å². The highest BCUT2D eigenvalue weighted by Gasteiger charge is 2.44. The third kappa shape index (κ3) is 5.42. The van der Waals surface area contributed by atoms with Crippen LogP contribution in [-0.4, -0.2) is 24.1 Å². The molecule has 0 amide bonds. The zero-order chi connectivity index (χ0) is 41.1. The van der Waals surface area contributed by atoms with Gasteiger partial charge < -0.3 is 9.13 Å². The molecule has 5 nitrogen and oxygen atoms in total. The van der Waals surface area contributed by atoms with Crippen LogP contribution in [0.3, 0.4) is 0 Å². The van der Waals surface area contributed by atoms with Crippen molar-refractivity contribution in [1.29, 1.82) is 0 Å². The first kappa shape index (κ1) is 36.1. The molecule has 0 spiro atoms. The van der Waals surface area contributed by atoms with E-state index in [4.69, 9.17) is 15.0 Å². The van der Waals surface area contributed by atoms with Gasteiger partial charge in [0.25, 0.3) is 0 Å². The summed E-state index contributed by atoms with van der Waals surface area (Å²) in [6.45, 7) is 4.87. The Balaban J connectivity index is 1.10. The molecule has 4 aromatic heterocycles. The van der Waals surface area contributed by atoms with Gasteiger partial charge >= 0.3 is 0 Å². The predicted octanol–water partition coefficient (Wildman–Crippen LogP) is 14.9. The van der Waals surface area contributed by atoms with Crippen LogP contribution in [0.1, 0.15) is 51.8 Å². The fourth-order valence-electron chi connectivity index (χ4n) is 12.0. The molecule has 6 heteroatoms. The maximum Gasteiger partial charge on any atom is 0.163 e. The molecule has 300 valence electrons. The summed E-state index contributed by atoms with van der Waals surface area (Å²) < 4.78 is 7.63. The van der Waals surface area contributed by atoms with Crippen LogP contribution < -0.4 is 0 Å². The maximum absolute atomic E-state index is 5.48. The maximum atomic E-state index is 5.48. The molecule has 11 aromatic rings. The average Bonchev–Trinajstić information content (AvgIpc) is 3.97. The van der Waals surface area contributed by atoms with Gasteiger partial charge in [-0.05, 0) is 92.3 Å². The third-order valence-corrected chi connectivity index (χ3v) is 15.4. The zero-order valence-corrected chi connectivity index (χ0v) is 35.7. The molecule has 7 aromatic carbocycles. The fourth-order valence-corrected chi connectivity index (χ4v) is 13.3. The van der Waals surface area contributed by atoms with E-state index < -0.39 is 0 Å². The van der Waals surface area contributed by atoms with E-state index in [0.717, 1.165) is 70.6 Å². The molecule has 0 radical (unpaired) electrons. The minimum absolute atomic E-state index is 0.104. The minimum atomic E-state index is -0.104. The van der Waals surface area contributed by atoms with Crippen LogP contribution in [0, 0.1) is 17.8 Å². The van der Waals surface area contributed by atoms with E-state index in [1.165, 1.54) is 83.0 Å². The van der Waals surface area contributed by atoms with E-state index in [1.54, 1.807) is 0 Å². The molecule has 2 aliphatic carbocycles. The topological polar surface area (TPSA) is 48.5 Å². The Morgan fingerprint density at radius 3 is 1.76 bits per heavy atom. The fraction of sp³-hybridized carbons (Fsp3) is 0.196. The van der Waals surface area contributed by atoms with E-state index >= 15 is 0 Å². The summed E-state index contributed by atoms with van der Waals surface area (Å²) in [5.74, 6) is 4.67. The lowest BCUT2D eigenvalue weighted by atomic mass is 9.59. The normalized spacial score (nSPS) is 20.3. The molecular weight excluding hydrogens is 775 g/mol. The van der Waals surface area contributed by atoms with E-state index in [2.05, 4.69) is 181 Å². The van der Waals surface area contributed by atoms with Crippen LogP contribution in [0.25, 0.3) is 97.9 Å². The number of thiophene rings is 1. The lowest BCUT2D eigenvalue weighted by Gasteiger charge is -2.46. The predicted molar refractivity (Wildman–Crippen MR) is 259 cm³/mol. The van der Waals surface area contributed by atoms with Crippen molar-refractivity contribution in [3.63, 3.8) is 0 Å². The molecule has 0 saturated heterocycles. The van der Waals surface area contributed by atoms with Gasteiger partial charge in [0, 0.05) is 69.6 Å². The van der Waals surface area contributed by atoms with Gasteiger partial charge in [-0.15, -0.1) is 11.3 Å². The van der Waals surface area contributed by atoms with Crippen LogP contribution in [0.15, 0.2) is 158 Å². The highest BCUT2D eigenvalue weighted by molar-refractivity contribution is 7.27. The molecular formula is C56H45N5S. The lowest BCUT2D eigenvalue weighted by Crippen LogP contribution is -2.40. The van der Waals surface area contributed by atoms with Gasteiger partial charge in [0.1, 0.15) is 5.82 Å². The zero-order valence-electron chi connectivity index (χ0n) is 34.9. The van der Waals surface area contributed by atoms with Gasteiger partial charge in [-0.3, -0.25) is 0 Å². The molecule has 2 bridgehead atoms. The number of nitrogens with zero attached hydrogens (tertiary/aromatic N) is 5. The van der Waals surface area contributed by atoms with Gasteiger partial charge in [0.05, 0.1) is 22.1 Å². The summed E-state index contributed by atoms with van der Waals surface area (Å²) in [7, 11) is 0. The number of hydrogen-bond donors (Lipinski definition) is 0. The van der Waals surface area contributed by atoms with Crippen LogP contribution in [0.2, 0.25) is 0 Å². The van der Waals surface area contributed by atoms with Crippen molar-refractivity contribution in [1.82, 2.24) is 24.1 Å². The van der Waals surface area contributed by atoms with Crippen molar-refractivity contribution >= 4 is 75.1 Å². The highest BCUT2D eigenvalue weighted by Crippen LogP contribution is 2.53. The Morgan fingerprint density at radius 1 is 0.516 bits per heavy atom. The van der Waals surface area contributed by atoms with Gasteiger partial charge in [-0.1, -0.05) is 129 Å². The number of aromatic nitrogens is 5. The molecule has 2 aliphatic rings. The Bertz CT molecular complexity index is 3540. The second kappa shape index (κ2) is 13.7. The summed E-state index contributed by atoms with van der Waals surface area (Å²) in [5, 5.41) is 7.65. The van der Waals surface area contributed by atoms with E-state index in [9.17, 15) is 0 Å². The third-order valence-electron chi connectivity index (χ3n) is 14.2. The first-order valence-corrected chi connectivity index (χ1v) is 23.1. The van der Waals surface area contributed by atoms with Gasteiger partial charge in [-0.25, -0.2) is 15.0 Å². The summed E-state index contributed by atoms with van der Waals surface area (Å²) in [5.41, 5.74) is 9.00. The van der Waals surface area contributed by atoms with Crippen molar-refractivity contribution in [3.05, 3.63) is 164 Å². The van der Waals surface area contributed by atoms with E-state index in [1.807, 2.05) is 11.3 Å². The number of benzene rings is 7. The molecule has 2 unspecified atom stereocenters. The second-order valence-electron chi connectivity index (χ2n) is 18.5. The standard InChI is InChI=1S/C56H45N5S/c1-34-28-35-30-36(29-34)33-56(2,32-35)55-58-53(37-16-5-3-6-17-37)57-54(59-55)38-18-15-21-40(31-38)61-44-25-12-9-22-41(44)47-50-48(52-49(51(47)61)43-24-11-14-27-46(43)62-52)42-23-10-13-26-45(42)60(50)39-19-7-4-8-20-39/h3-27,31,34-36H,28-30,32-33H2,1-2H3. The summed E-state index contributed by atoms with van der Waals surface area (Å²) in [4.78, 5) is 16.1. The molecule has 4 heterocycles. The SMILES string of the molecule is CC1CC2CC(C1)CC(C)(c1nc(-c3ccccc3)nc(-c3cccc(-n4c5ccccc5c5c6c(c7ccccc7n6-c6ccccc6)c6sc7ccccc7c6c54)c3)n1)C2. The van der Waals surface area contributed by atoms with Crippen LogP contribution in [0.4, 0.5) is 0 Å². The van der Waals surface area contributed by atoms with Gasteiger partial charge in [-0.2, -0.15) is 0 Å². The molecule has 2 atom stereocenters. The summed E-state index contributed by atoms with van der Waals surface area (Å²) in [6.07, 6.45) is 6.22. The average molecular weight is 820 g/mol. The van der Waals surface area contributed by atoms with E-state index in [0.29, 0.717) is 0 Å². The highest BCUT2D eigenvalue weighted by atomic mass is 32.1. The second-order valence-corrected chi connectivity index (χ2v) is 19.6. The van der Waals surface area contributed by atoms with Crippen molar-refractivity contribution in [2.75, 3.05) is 0 Å². The molecule has 2 fully saturated rings. The Morgan fingerprint density at radius 2 is 1.05 bits per heavy atom. The van der Waals surface area contributed by atoms with Crippen LogP contribution in [-0.2, 0) is 5.41 Å². The minimum Gasteiger partial charge on any atom is -0.308 e. The molecule has 2 saturated carbocycles. The molecule has 13 rings (SSSR count). The van der Waals surface area contributed by atoms with Crippen molar-refractivity contribution < 1.29 is 0 Å². The van der Waals surface area contributed by atoms with Gasteiger partial charge in [0.2, 0.25) is 0 Å². The van der Waals surface area contributed by atoms with Crippen molar-refractivity contribution in [2.24, 2.45) is 17.8 Å². The molecule has 0 aliphatic heterocycles. The lowest BCUT2D eigenvalue weighted by molar-refractivity contribution is 0.0857. The molecule has 0 N–H and O–H groups in total. The number of fused-ring (bicyclic) bond motifs is 14. The Hall–Kier alpha value is -6.63. The number of hydrogen-bond acceptors (Lipinski definition) is 4. The smallest absolute Gasteiger partial charge is 0.163 e. The number of rotatable bonds is 5. The van der Waals surface area contributed by atoms with E-state index in [-0.39, 0.29) is 5.41 Å². The monoisotopic (exact) mass is 819 g/mol. The largest absolute Gasteiger partial charge is 0.308 e. The first-order chi connectivity index (χ1) is 30.5. The molecule has 62 heavy (non-hydrogen) atoms. The Kier molecular flexibility index (Phi) is 7.96. The van der Waals surface area contributed by atoms with Crippen molar-refractivity contribution in [3.8, 4) is 34.2 Å². The first-order valence-electron chi connectivity index (χ1n) is 22.3. The van der Waals surface area contributed by atoms with Gasteiger partial charge in [0.15, 0.2) is 11.6 Å². The van der Waals surface area contributed by atoms with Crippen molar-refractivity contribution in [2.45, 2.75) is 51.4 Å². The summed E-state index contributed by atoms with van der Waals surface area (Å²) in [6, 6.07) is 57.2. The summed E-state index contributed by atoms with van der Waals surface area (Å²) >= 11 is 1.91. The number of para-hydroxylation sites is 3. The Labute approximate surface area is 364 Å². The quantitative estimate of drug-likeness (QED) is 0.174.